The summed E-state index contributed by atoms with van der Waals surface area (Å²) in [5, 5.41) is 5.65. The Morgan fingerprint density at radius 3 is 1.00 bits per heavy atom. The van der Waals surface area contributed by atoms with Crippen molar-refractivity contribution >= 4 is 75.4 Å². The Kier molecular flexibility index (Phi) is 6.30. The summed E-state index contributed by atoms with van der Waals surface area (Å²) in [4.78, 5) is 0. The first kappa shape index (κ1) is 27.0. The van der Waals surface area contributed by atoms with Crippen molar-refractivity contribution in [2.45, 2.75) is 0 Å². The highest BCUT2D eigenvalue weighted by Crippen LogP contribution is 2.48. The summed E-state index contributed by atoms with van der Waals surface area (Å²) in [6, 6.07) is 45.9. The molecule has 0 atom stereocenters. The molecule has 0 saturated heterocycles. The van der Waals surface area contributed by atoms with Crippen molar-refractivity contribution in [3.63, 3.8) is 0 Å². The lowest BCUT2D eigenvalue weighted by Gasteiger charge is -2.19. The van der Waals surface area contributed by atoms with E-state index in [1.54, 1.807) is 12.1 Å². The van der Waals surface area contributed by atoms with Gasteiger partial charge in [0.25, 0.3) is 0 Å². The SMILES string of the molecule is [2H]c1c([2H])c([2H])c2c(-c3cccc4ccccc34)c3c([2H])c([2H])c([2H])c([2H])c3c(-c3cccc(-c4ccc5cccc(-c6cccc(-c7c8c([2H])c([2H])c([2H])c([2H])c8c(-c8cccc9ccccc89)c8c([2H])c([2H])c([2H])c([2H])c78)c6)c5c4)c3)c2c1[2H]. The summed E-state index contributed by atoms with van der Waals surface area (Å²) in [5.74, 6) is 0. The van der Waals surface area contributed by atoms with Crippen LogP contribution in [0.4, 0.5) is 0 Å². The van der Waals surface area contributed by atoms with Crippen molar-refractivity contribution in [1.82, 2.24) is 0 Å². The first-order valence-corrected chi connectivity index (χ1v) is 23.0. The molecule has 0 fully saturated rings. The zero-order valence-corrected chi connectivity index (χ0v) is 37.2. The van der Waals surface area contributed by atoms with E-state index in [-0.39, 0.29) is 114 Å². The molecule has 14 rings (SSSR count). The number of rotatable bonds is 6. The number of hydrogen-bond donors (Lipinski definition) is 0. The fraction of sp³-hybridized carbons (Fsp3) is 0. The molecule has 0 bridgehead atoms. The third-order valence-electron chi connectivity index (χ3n) is 13.7. The van der Waals surface area contributed by atoms with Crippen LogP contribution in [0.5, 0.6) is 0 Å². The summed E-state index contributed by atoms with van der Waals surface area (Å²) in [5.41, 5.74) is 5.82. The number of hydrogen-bond acceptors (Lipinski definition) is 0. The van der Waals surface area contributed by atoms with E-state index >= 15 is 0 Å². The molecule has 0 radical (unpaired) electrons. The number of fused-ring (bicyclic) bond motifs is 7. The van der Waals surface area contributed by atoms with Gasteiger partial charge in [-0.1, -0.05) is 248 Å². The molecule has 0 heterocycles. The maximum Gasteiger partial charge on any atom is 0.0629 e. The van der Waals surface area contributed by atoms with Gasteiger partial charge in [0.2, 0.25) is 0 Å². The minimum Gasteiger partial charge on any atom is -0.0616 e. The van der Waals surface area contributed by atoms with Gasteiger partial charge in [-0.25, -0.2) is 0 Å². The van der Waals surface area contributed by atoms with Crippen molar-refractivity contribution in [3.05, 3.63) is 267 Å². The molecule has 0 aliphatic heterocycles. The van der Waals surface area contributed by atoms with E-state index in [4.69, 9.17) is 11.0 Å². The monoisotopic (exact) mass is 900 g/mol. The van der Waals surface area contributed by atoms with Crippen molar-refractivity contribution in [3.8, 4) is 66.8 Å². The van der Waals surface area contributed by atoms with Crippen LogP contribution in [0, 0.1) is 0 Å². The second-order valence-corrected chi connectivity index (χ2v) is 17.5. The van der Waals surface area contributed by atoms with Gasteiger partial charge in [-0.2, -0.15) is 0 Å². The highest BCUT2D eigenvalue weighted by Gasteiger charge is 2.21. The molecule has 0 aliphatic rings. The highest BCUT2D eigenvalue weighted by molar-refractivity contribution is 6.25. The standard InChI is InChI=1S/C70H44/c1-3-27-53-45(18-1)20-16-38-56(53)69-62-33-9-5-29-58(62)67(59-30-6-10-34-63(59)69)51-25-13-23-48(42-51)49-41-40-47-22-15-37-55(66(47)44-49)50-24-14-26-52(43-50)68-60-31-7-11-35-64(60)70(65-36-12-8-32-61(65)68)57-39-17-21-46-19-2-4-28-54(46)57/h1-44H/i5D,6D,7D,8D,9D,10D,11D,12D,29D,30D,31D,32D,33D,34D,35D,36D. The third kappa shape index (κ3) is 6.38. The van der Waals surface area contributed by atoms with E-state index in [0.717, 1.165) is 43.4 Å². The molecule has 0 heteroatoms. The zero-order chi connectivity index (χ0) is 60.0. The van der Waals surface area contributed by atoms with Gasteiger partial charge in [0.15, 0.2) is 0 Å². The van der Waals surface area contributed by atoms with E-state index in [9.17, 15) is 11.0 Å². The van der Waals surface area contributed by atoms with Crippen LogP contribution < -0.4 is 0 Å². The zero-order valence-electron chi connectivity index (χ0n) is 53.2. The summed E-state index contributed by atoms with van der Waals surface area (Å²) < 4.78 is 149. The Labute approximate surface area is 429 Å². The molecule has 0 unspecified atom stereocenters. The molecule has 0 nitrogen and oxygen atoms in total. The summed E-state index contributed by atoms with van der Waals surface area (Å²) in [7, 11) is 0. The van der Waals surface area contributed by atoms with Gasteiger partial charge in [0.05, 0.1) is 21.9 Å². The van der Waals surface area contributed by atoms with Crippen LogP contribution in [0.15, 0.2) is 267 Å². The quantitative estimate of drug-likeness (QED) is 0.146. The smallest absolute Gasteiger partial charge is 0.0616 e. The minimum absolute atomic E-state index is 0.101. The van der Waals surface area contributed by atoms with Crippen LogP contribution in [-0.2, 0) is 0 Å². The molecule has 0 aliphatic carbocycles. The topological polar surface area (TPSA) is 0 Å². The van der Waals surface area contributed by atoms with Crippen LogP contribution in [0.3, 0.4) is 0 Å². The predicted octanol–water partition coefficient (Wildman–Crippen LogP) is 19.8. The average Bonchev–Trinajstić information content (AvgIpc) is 0.718. The van der Waals surface area contributed by atoms with Crippen LogP contribution in [0.25, 0.3) is 142 Å². The van der Waals surface area contributed by atoms with Crippen molar-refractivity contribution in [1.29, 1.82) is 0 Å². The van der Waals surface area contributed by atoms with Gasteiger partial charge in [-0.3, -0.25) is 0 Å². The summed E-state index contributed by atoms with van der Waals surface area (Å²) in [6.07, 6.45) is 0. The van der Waals surface area contributed by atoms with Crippen LogP contribution in [0.1, 0.15) is 21.9 Å². The van der Waals surface area contributed by atoms with Crippen LogP contribution in [0.2, 0.25) is 0 Å². The van der Waals surface area contributed by atoms with Gasteiger partial charge >= 0.3 is 0 Å². The molecule has 14 aromatic rings. The molecule has 0 saturated carbocycles. The third-order valence-corrected chi connectivity index (χ3v) is 13.7. The predicted molar refractivity (Wildman–Crippen MR) is 302 cm³/mol. The number of benzene rings is 14. The van der Waals surface area contributed by atoms with E-state index < -0.39 is 48.3 Å². The van der Waals surface area contributed by atoms with E-state index in [2.05, 4.69) is 0 Å². The molecule has 0 spiro atoms. The fourth-order valence-corrected chi connectivity index (χ4v) is 10.7. The van der Waals surface area contributed by atoms with E-state index in [1.165, 1.54) is 0 Å². The van der Waals surface area contributed by atoms with Crippen molar-refractivity contribution in [2.24, 2.45) is 0 Å². The Morgan fingerprint density at radius 1 is 0.200 bits per heavy atom. The molecule has 324 valence electrons. The van der Waals surface area contributed by atoms with Gasteiger partial charge < -0.3 is 0 Å². The van der Waals surface area contributed by atoms with Crippen LogP contribution in [-0.4, -0.2) is 0 Å². The second kappa shape index (κ2) is 16.3. The van der Waals surface area contributed by atoms with E-state index in [1.807, 2.05) is 158 Å². The lowest BCUT2D eigenvalue weighted by molar-refractivity contribution is 1.61. The molecule has 0 aromatic heterocycles. The molecule has 14 aromatic carbocycles. The Morgan fingerprint density at radius 2 is 0.529 bits per heavy atom. The molecular weight excluding hydrogens is 841 g/mol. The highest BCUT2D eigenvalue weighted by atomic mass is 14.2. The van der Waals surface area contributed by atoms with Crippen molar-refractivity contribution in [2.75, 3.05) is 0 Å². The van der Waals surface area contributed by atoms with Gasteiger partial charge in [-0.15, -0.1) is 0 Å². The lowest BCUT2D eigenvalue weighted by atomic mass is 9.84. The summed E-state index contributed by atoms with van der Waals surface area (Å²) >= 11 is 0. The van der Waals surface area contributed by atoms with E-state index in [0.29, 0.717) is 33.4 Å². The first-order chi connectivity index (χ1) is 41.4. The minimum atomic E-state index is -0.497. The largest absolute Gasteiger partial charge is 0.0629 e. The summed E-state index contributed by atoms with van der Waals surface area (Å²) in [6.45, 7) is 0. The fourth-order valence-electron chi connectivity index (χ4n) is 10.7. The Hall–Kier alpha value is -9.10. The maximum absolute atomic E-state index is 9.61. The van der Waals surface area contributed by atoms with Gasteiger partial charge in [0, 0.05) is 0 Å². The molecule has 70 heavy (non-hydrogen) atoms. The lowest BCUT2D eigenvalue weighted by Crippen LogP contribution is -1.92. The van der Waals surface area contributed by atoms with Gasteiger partial charge in [0.1, 0.15) is 0 Å². The van der Waals surface area contributed by atoms with Gasteiger partial charge in [-0.05, 0) is 160 Å². The Balaban J connectivity index is 1.000. The van der Waals surface area contributed by atoms with Crippen LogP contribution >= 0.6 is 0 Å². The molecule has 0 N–H and O–H groups in total. The molecule has 0 amide bonds. The second-order valence-electron chi connectivity index (χ2n) is 17.5. The normalized spacial score (nSPS) is 14.9. The maximum atomic E-state index is 9.61. The Bertz CT molecular complexity index is 5210. The molecular formula is C70H44. The first-order valence-electron chi connectivity index (χ1n) is 31.0. The van der Waals surface area contributed by atoms with Crippen molar-refractivity contribution < 1.29 is 21.9 Å². The average molecular weight is 901 g/mol.